The smallest absolute Gasteiger partial charge is 0.475 e. The van der Waals surface area contributed by atoms with E-state index in [0.29, 0.717) is 18.4 Å². The number of ether oxygens (including phenoxy) is 1. The van der Waals surface area contributed by atoms with Crippen molar-refractivity contribution in [1.82, 2.24) is 10.2 Å². The SMILES string of the molecule is CCC(Cc1ccc(F)c(OCCC(=O)N[C@@H](Cc2ccccc2)B(O)O)c1)C(C#N)C(=O)N(C)C. The minimum atomic E-state index is -1.74. The molecular formula is C26H33BFN3O5. The normalized spacial score (nSPS) is 13.1. The maximum Gasteiger partial charge on any atom is 0.475 e. The number of hydrogen-bond acceptors (Lipinski definition) is 6. The van der Waals surface area contributed by atoms with E-state index in [1.807, 2.05) is 37.3 Å². The van der Waals surface area contributed by atoms with Crippen molar-refractivity contribution in [2.75, 3.05) is 20.7 Å². The zero-order valence-electron chi connectivity index (χ0n) is 20.9. The molecule has 2 unspecified atom stereocenters. The van der Waals surface area contributed by atoms with Crippen LogP contribution in [0.5, 0.6) is 5.75 Å². The molecule has 2 amide bonds. The molecule has 36 heavy (non-hydrogen) atoms. The van der Waals surface area contributed by atoms with Crippen LogP contribution in [-0.2, 0) is 22.4 Å². The number of carbonyl (C=O) groups excluding carboxylic acids is 2. The van der Waals surface area contributed by atoms with Crippen molar-refractivity contribution >= 4 is 18.9 Å². The average molecular weight is 497 g/mol. The Morgan fingerprint density at radius 3 is 2.42 bits per heavy atom. The lowest BCUT2D eigenvalue weighted by Gasteiger charge is -2.23. The zero-order valence-corrected chi connectivity index (χ0v) is 20.9. The topological polar surface area (TPSA) is 123 Å². The zero-order chi connectivity index (χ0) is 26.7. The molecule has 0 bridgehead atoms. The van der Waals surface area contributed by atoms with E-state index in [1.165, 1.54) is 17.0 Å². The lowest BCUT2D eigenvalue weighted by atomic mass is 9.76. The highest BCUT2D eigenvalue weighted by atomic mass is 19.1. The first-order chi connectivity index (χ1) is 17.2. The molecule has 8 nitrogen and oxygen atoms in total. The molecule has 0 aromatic heterocycles. The van der Waals surface area contributed by atoms with Gasteiger partial charge in [-0.05, 0) is 42.0 Å². The number of benzene rings is 2. The number of amides is 2. The van der Waals surface area contributed by atoms with Crippen LogP contribution in [0.25, 0.3) is 0 Å². The summed E-state index contributed by atoms with van der Waals surface area (Å²) in [6.45, 7) is 1.77. The summed E-state index contributed by atoms with van der Waals surface area (Å²) in [6, 6.07) is 15.6. The summed E-state index contributed by atoms with van der Waals surface area (Å²) in [6.07, 6.45) is 1.10. The predicted octanol–water partition coefficient (Wildman–Crippen LogP) is 2.13. The van der Waals surface area contributed by atoms with Crippen LogP contribution in [0, 0.1) is 29.0 Å². The molecule has 0 spiro atoms. The minimum Gasteiger partial charge on any atom is -0.490 e. The standard InChI is InChI=1S/C26H33BFN3O5/c1-4-20(21(17-29)26(33)31(2)3)14-19-10-11-22(28)23(15-19)36-13-12-25(32)30-24(27(34)35)16-18-8-6-5-7-9-18/h5-11,15,20-21,24,34-35H,4,12-14,16H2,1-3H3,(H,30,32)/t20?,21?,24-/m0/s1. The van der Waals surface area contributed by atoms with Crippen LogP contribution in [-0.4, -0.2) is 60.5 Å². The van der Waals surface area contributed by atoms with Gasteiger partial charge in [0.15, 0.2) is 11.6 Å². The number of rotatable bonds is 13. The van der Waals surface area contributed by atoms with Crippen molar-refractivity contribution in [3.05, 3.63) is 65.5 Å². The van der Waals surface area contributed by atoms with E-state index >= 15 is 0 Å². The molecule has 192 valence electrons. The maximum absolute atomic E-state index is 14.3. The molecule has 10 heteroatoms. The summed E-state index contributed by atoms with van der Waals surface area (Å²) in [5.74, 6) is -3.33. The first kappa shape index (κ1) is 28.8. The Bertz CT molecular complexity index is 1050. The molecule has 0 saturated heterocycles. The Morgan fingerprint density at radius 1 is 1.14 bits per heavy atom. The third-order valence-corrected chi connectivity index (χ3v) is 5.93. The minimum absolute atomic E-state index is 0.0365. The molecule has 0 heterocycles. The van der Waals surface area contributed by atoms with Crippen LogP contribution in [0.1, 0.15) is 30.9 Å². The molecule has 0 aliphatic rings. The molecule has 0 radical (unpaired) electrons. The Morgan fingerprint density at radius 2 is 1.83 bits per heavy atom. The second-order valence-corrected chi connectivity index (χ2v) is 8.85. The van der Waals surface area contributed by atoms with E-state index in [9.17, 15) is 29.3 Å². The summed E-state index contributed by atoms with van der Waals surface area (Å²) in [7, 11) is 1.46. The lowest BCUT2D eigenvalue weighted by Crippen LogP contribution is -2.48. The van der Waals surface area contributed by atoms with Crippen molar-refractivity contribution in [2.24, 2.45) is 11.8 Å². The van der Waals surface area contributed by atoms with Crippen molar-refractivity contribution in [2.45, 2.75) is 38.5 Å². The summed E-state index contributed by atoms with van der Waals surface area (Å²) < 4.78 is 19.8. The summed E-state index contributed by atoms with van der Waals surface area (Å²) in [5.41, 5.74) is 1.54. The largest absolute Gasteiger partial charge is 0.490 e. The molecule has 0 aliphatic heterocycles. The van der Waals surface area contributed by atoms with E-state index < -0.39 is 30.7 Å². The maximum atomic E-state index is 14.3. The second-order valence-electron chi connectivity index (χ2n) is 8.85. The van der Waals surface area contributed by atoms with E-state index in [0.717, 1.165) is 5.56 Å². The first-order valence-electron chi connectivity index (χ1n) is 11.9. The van der Waals surface area contributed by atoms with Crippen molar-refractivity contribution in [3.8, 4) is 11.8 Å². The Labute approximate surface area is 211 Å². The van der Waals surface area contributed by atoms with E-state index in [-0.39, 0.29) is 37.0 Å². The lowest BCUT2D eigenvalue weighted by molar-refractivity contribution is -0.132. The van der Waals surface area contributed by atoms with Gasteiger partial charge in [-0.1, -0.05) is 49.7 Å². The Kier molecular flexibility index (Phi) is 11.4. The molecule has 2 aromatic rings. The highest BCUT2D eigenvalue weighted by molar-refractivity contribution is 6.43. The number of carbonyl (C=O) groups is 2. The molecule has 2 rings (SSSR count). The average Bonchev–Trinajstić information content (AvgIpc) is 2.85. The third kappa shape index (κ3) is 8.66. The van der Waals surface area contributed by atoms with Gasteiger partial charge in [-0.2, -0.15) is 5.26 Å². The van der Waals surface area contributed by atoms with Gasteiger partial charge >= 0.3 is 7.12 Å². The number of nitrogens with zero attached hydrogens (tertiary/aromatic N) is 2. The van der Waals surface area contributed by atoms with Crippen LogP contribution in [0.4, 0.5) is 4.39 Å². The number of hydrogen-bond donors (Lipinski definition) is 3. The molecule has 0 aliphatic carbocycles. The highest BCUT2D eigenvalue weighted by Crippen LogP contribution is 2.26. The molecule has 3 N–H and O–H groups in total. The van der Waals surface area contributed by atoms with Gasteiger partial charge in [0.2, 0.25) is 11.8 Å². The van der Waals surface area contributed by atoms with Crippen LogP contribution in [0.2, 0.25) is 0 Å². The van der Waals surface area contributed by atoms with Crippen LogP contribution < -0.4 is 10.1 Å². The van der Waals surface area contributed by atoms with Gasteiger partial charge in [0.05, 0.1) is 25.0 Å². The van der Waals surface area contributed by atoms with Crippen LogP contribution >= 0.6 is 0 Å². The van der Waals surface area contributed by atoms with Gasteiger partial charge < -0.3 is 25.0 Å². The second kappa shape index (κ2) is 14.2. The van der Waals surface area contributed by atoms with E-state index in [1.54, 1.807) is 20.2 Å². The number of nitriles is 1. The van der Waals surface area contributed by atoms with Crippen molar-refractivity contribution in [1.29, 1.82) is 5.26 Å². The molecule has 0 saturated carbocycles. The fourth-order valence-corrected chi connectivity index (χ4v) is 3.86. The van der Waals surface area contributed by atoms with E-state index in [4.69, 9.17) is 4.74 Å². The van der Waals surface area contributed by atoms with Gasteiger partial charge in [0, 0.05) is 14.1 Å². The van der Waals surface area contributed by atoms with Gasteiger partial charge in [0.25, 0.3) is 0 Å². The van der Waals surface area contributed by atoms with Gasteiger partial charge in [-0.25, -0.2) is 4.39 Å². The highest BCUT2D eigenvalue weighted by Gasteiger charge is 2.29. The van der Waals surface area contributed by atoms with Crippen molar-refractivity contribution < 1.29 is 28.8 Å². The summed E-state index contributed by atoms with van der Waals surface area (Å²) in [5, 5.41) is 31.3. The fraction of sp³-hybridized carbons (Fsp3) is 0.423. The van der Waals surface area contributed by atoms with E-state index in [2.05, 4.69) is 11.4 Å². The fourth-order valence-electron chi connectivity index (χ4n) is 3.86. The van der Waals surface area contributed by atoms with Crippen LogP contribution in [0.3, 0.4) is 0 Å². The Hall–Kier alpha value is -3.42. The first-order valence-corrected chi connectivity index (χ1v) is 11.9. The molecule has 2 aromatic carbocycles. The molecule has 0 fully saturated rings. The van der Waals surface area contributed by atoms with Crippen LogP contribution in [0.15, 0.2) is 48.5 Å². The Balaban J connectivity index is 1.96. The molecule has 3 atom stereocenters. The monoisotopic (exact) mass is 497 g/mol. The summed E-state index contributed by atoms with van der Waals surface area (Å²) >= 11 is 0. The van der Waals surface area contributed by atoms with Gasteiger partial charge in [0.1, 0.15) is 5.92 Å². The summed E-state index contributed by atoms with van der Waals surface area (Å²) in [4.78, 5) is 26.1. The number of nitrogens with one attached hydrogen (secondary N) is 1. The quantitative estimate of drug-likeness (QED) is 0.365. The third-order valence-electron chi connectivity index (χ3n) is 5.93. The van der Waals surface area contributed by atoms with Gasteiger partial charge in [-0.3, -0.25) is 9.59 Å². The predicted molar refractivity (Wildman–Crippen MR) is 134 cm³/mol. The van der Waals surface area contributed by atoms with Crippen molar-refractivity contribution in [3.63, 3.8) is 0 Å². The number of halogens is 1. The van der Waals surface area contributed by atoms with Gasteiger partial charge in [-0.15, -0.1) is 0 Å². The molecular weight excluding hydrogens is 464 g/mol.